The van der Waals surface area contributed by atoms with E-state index >= 15 is 0 Å². The zero-order chi connectivity index (χ0) is 23.6. The van der Waals surface area contributed by atoms with E-state index < -0.39 is 16.1 Å². The van der Waals surface area contributed by atoms with Crippen molar-refractivity contribution < 1.29 is 22.8 Å². The van der Waals surface area contributed by atoms with Crippen molar-refractivity contribution in [1.82, 2.24) is 0 Å². The Morgan fingerprint density at radius 3 is 2.48 bits per heavy atom. The number of primary sulfonamides is 1. The van der Waals surface area contributed by atoms with Gasteiger partial charge in [-0.2, -0.15) is 10.1 Å². The number of rotatable bonds is 5. The second-order valence-electron chi connectivity index (χ2n) is 8.45. The van der Waals surface area contributed by atoms with E-state index in [1.54, 1.807) is 36.4 Å². The summed E-state index contributed by atoms with van der Waals surface area (Å²) < 4.78 is 23.8. The first kappa shape index (κ1) is 22.7. The van der Waals surface area contributed by atoms with Gasteiger partial charge in [-0.3, -0.25) is 0 Å². The van der Waals surface area contributed by atoms with Crippen molar-refractivity contribution in [2.75, 3.05) is 13.1 Å². The summed E-state index contributed by atoms with van der Waals surface area (Å²) in [4.78, 5) is 12.4. The highest BCUT2D eigenvalue weighted by Gasteiger charge is 2.45. The van der Waals surface area contributed by atoms with Crippen molar-refractivity contribution in [1.29, 1.82) is 5.26 Å². The number of carboxylic acid groups (broad SMARTS) is 1. The molecule has 0 aromatic heterocycles. The molecule has 1 amide bonds. The van der Waals surface area contributed by atoms with Crippen LogP contribution in [-0.4, -0.2) is 37.2 Å². The van der Waals surface area contributed by atoms with E-state index in [4.69, 9.17) is 10.4 Å². The van der Waals surface area contributed by atoms with Crippen LogP contribution in [0.3, 0.4) is 0 Å². The molecule has 0 radical (unpaired) electrons. The highest BCUT2D eigenvalue weighted by molar-refractivity contribution is 7.89. The predicted octanol–water partition coefficient (Wildman–Crippen LogP) is 4.05. The van der Waals surface area contributed by atoms with Gasteiger partial charge in [0.15, 0.2) is 0 Å². The molecule has 1 fully saturated rings. The second-order valence-corrected chi connectivity index (χ2v) is 9.98. The molecule has 2 atom stereocenters. The molecule has 0 aliphatic carbocycles. The number of quaternary nitrogens is 1. The number of nitriles is 1. The number of carbonyl (C=O) groups is 1. The number of nitrogens with two attached hydrogens (primary N) is 1. The van der Waals surface area contributed by atoms with Crippen molar-refractivity contribution >= 4 is 16.1 Å². The quantitative estimate of drug-likeness (QED) is 0.554. The van der Waals surface area contributed by atoms with Gasteiger partial charge < -0.3 is 5.11 Å². The standard InChI is InChI=1S/C25H23N3O4S/c26-15-19-4-3-5-21(14-19)22-12-13-28(17-22,25(29)30)16-18-8-10-20(11-9-18)23-6-1-2-7-24(23)33(27,31)32/h1-11,14,22H,12-13,16-17H2,(H2-,27,29,30,31,32)/p+1/t22-,28-/m0/s1. The van der Waals surface area contributed by atoms with Crippen LogP contribution in [0.2, 0.25) is 0 Å². The van der Waals surface area contributed by atoms with Crippen LogP contribution in [0.4, 0.5) is 4.79 Å². The van der Waals surface area contributed by atoms with Crippen LogP contribution >= 0.6 is 0 Å². The van der Waals surface area contributed by atoms with E-state index in [0.29, 0.717) is 36.3 Å². The molecule has 8 heteroatoms. The number of benzene rings is 3. The zero-order valence-electron chi connectivity index (χ0n) is 17.9. The van der Waals surface area contributed by atoms with Gasteiger partial charge in [0.2, 0.25) is 10.0 Å². The van der Waals surface area contributed by atoms with E-state index in [1.807, 2.05) is 30.3 Å². The van der Waals surface area contributed by atoms with Crippen molar-refractivity contribution in [3.05, 3.63) is 89.5 Å². The third-order valence-electron chi connectivity index (χ3n) is 6.31. The fourth-order valence-electron chi connectivity index (χ4n) is 4.62. The molecule has 0 saturated carbocycles. The summed E-state index contributed by atoms with van der Waals surface area (Å²) >= 11 is 0. The SMILES string of the molecule is N#Cc1cccc([C@H]2CC[N@@+](Cc3ccc(-c4ccccc4S(N)(=O)=O)cc3)(C(=O)O)C2)c1. The Bertz CT molecular complexity index is 1350. The van der Waals surface area contributed by atoms with Gasteiger partial charge in [0.1, 0.15) is 6.54 Å². The Labute approximate surface area is 193 Å². The highest BCUT2D eigenvalue weighted by Crippen LogP contribution is 2.35. The van der Waals surface area contributed by atoms with Gasteiger partial charge in [-0.25, -0.2) is 18.0 Å². The Kier molecular flexibility index (Phi) is 6.04. The van der Waals surface area contributed by atoms with Gasteiger partial charge in [0.05, 0.1) is 29.6 Å². The number of likely N-dealkylation sites (tertiary alicyclic amines) is 1. The Hall–Kier alpha value is -3.51. The fourth-order valence-corrected chi connectivity index (χ4v) is 5.38. The minimum atomic E-state index is -3.87. The van der Waals surface area contributed by atoms with Gasteiger partial charge in [-0.15, -0.1) is 0 Å². The number of hydrogen-bond acceptors (Lipinski definition) is 4. The van der Waals surface area contributed by atoms with Crippen molar-refractivity contribution in [3.8, 4) is 17.2 Å². The van der Waals surface area contributed by atoms with Crippen LogP contribution < -0.4 is 5.14 Å². The summed E-state index contributed by atoms with van der Waals surface area (Å²) in [6.07, 6.45) is -0.154. The lowest BCUT2D eigenvalue weighted by atomic mass is 9.97. The van der Waals surface area contributed by atoms with Crippen LogP contribution in [-0.2, 0) is 16.6 Å². The normalized spacial score (nSPS) is 20.3. The van der Waals surface area contributed by atoms with Gasteiger partial charge in [0.25, 0.3) is 0 Å². The molecule has 0 bridgehead atoms. The molecule has 0 unspecified atom stereocenters. The summed E-state index contributed by atoms with van der Waals surface area (Å²) in [5.41, 5.74) is 3.61. The molecule has 1 aliphatic rings. The van der Waals surface area contributed by atoms with E-state index in [-0.39, 0.29) is 15.3 Å². The van der Waals surface area contributed by atoms with E-state index in [0.717, 1.165) is 17.5 Å². The largest absolute Gasteiger partial charge is 0.513 e. The monoisotopic (exact) mass is 462 g/mol. The van der Waals surface area contributed by atoms with Crippen LogP contribution in [0.1, 0.15) is 29.0 Å². The first-order valence-corrected chi connectivity index (χ1v) is 12.1. The summed E-state index contributed by atoms with van der Waals surface area (Å²) in [7, 11) is -3.87. The summed E-state index contributed by atoms with van der Waals surface area (Å²) in [5.74, 6) is 0.0651. The average molecular weight is 463 g/mol. The van der Waals surface area contributed by atoms with Crippen LogP contribution in [0.5, 0.6) is 0 Å². The molecule has 3 aromatic carbocycles. The highest BCUT2D eigenvalue weighted by atomic mass is 32.2. The first-order valence-electron chi connectivity index (χ1n) is 10.5. The zero-order valence-corrected chi connectivity index (χ0v) is 18.7. The smallest absolute Gasteiger partial charge is 0.435 e. The second kappa shape index (κ2) is 8.79. The molecule has 1 heterocycles. The molecular formula is C25H24N3O4S+. The van der Waals surface area contributed by atoms with Gasteiger partial charge in [-0.1, -0.05) is 54.6 Å². The van der Waals surface area contributed by atoms with E-state index in [9.17, 15) is 18.3 Å². The van der Waals surface area contributed by atoms with Gasteiger partial charge in [-0.05, 0) is 29.3 Å². The molecule has 168 valence electrons. The number of amides is 1. The lowest BCUT2D eigenvalue weighted by molar-refractivity contribution is -0.859. The van der Waals surface area contributed by atoms with Crippen LogP contribution in [0.15, 0.2) is 77.7 Å². The van der Waals surface area contributed by atoms with Crippen LogP contribution in [0, 0.1) is 11.3 Å². The first-order chi connectivity index (χ1) is 15.7. The average Bonchev–Trinajstić information content (AvgIpc) is 3.25. The number of sulfonamides is 1. The summed E-state index contributed by atoms with van der Waals surface area (Å²) in [5, 5.41) is 24.6. The minimum absolute atomic E-state index is 0.0498. The number of hydrogen-bond donors (Lipinski definition) is 2. The molecule has 3 N–H and O–H groups in total. The molecule has 1 aliphatic heterocycles. The van der Waals surface area contributed by atoms with Crippen molar-refractivity contribution in [3.63, 3.8) is 0 Å². The molecule has 33 heavy (non-hydrogen) atoms. The van der Waals surface area contributed by atoms with E-state index in [1.165, 1.54) is 6.07 Å². The fraction of sp³-hybridized carbons (Fsp3) is 0.200. The van der Waals surface area contributed by atoms with Gasteiger partial charge in [0, 0.05) is 23.5 Å². The van der Waals surface area contributed by atoms with Crippen LogP contribution in [0.25, 0.3) is 11.1 Å². The molecule has 3 aromatic rings. The third kappa shape index (κ3) is 4.66. The summed E-state index contributed by atoms with van der Waals surface area (Å²) in [6, 6.07) is 23.3. The maximum atomic E-state index is 12.3. The molecular weight excluding hydrogens is 438 g/mol. The molecule has 4 rings (SSSR count). The maximum Gasteiger partial charge on any atom is 0.513 e. The summed E-state index contributed by atoms with van der Waals surface area (Å²) in [6.45, 7) is 1.26. The maximum absolute atomic E-state index is 12.3. The molecule has 1 saturated heterocycles. The predicted molar refractivity (Wildman–Crippen MR) is 123 cm³/mol. The Morgan fingerprint density at radius 1 is 1.09 bits per heavy atom. The Balaban J connectivity index is 1.58. The number of nitrogens with zero attached hydrogens (tertiary/aromatic N) is 2. The minimum Gasteiger partial charge on any atom is -0.435 e. The topological polar surface area (TPSA) is 121 Å². The van der Waals surface area contributed by atoms with Gasteiger partial charge >= 0.3 is 6.09 Å². The lowest BCUT2D eigenvalue weighted by Gasteiger charge is -2.28. The molecule has 7 nitrogen and oxygen atoms in total. The van der Waals surface area contributed by atoms with E-state index in [2.05, 4.69) is 6.07 Å². The third-order valence-corrected chi connectivity index (χ3v) is 7.28. The lowest BCUT2D eigenvalue weighted by Crippen LogP contribution is -2.49. The molecule has 0 spiro atoms. The Morgan fingerprint density at radius 2 is 1.82 bits per heavy atom. The van der Waals surface area contributed by atoms with Crippen molar-refractivity contribution in [2.24, 2.45) is 5.14 Å². The van der Waals surface area contributed by atoms with Crippen molar-refractivity contribution in [2.45, 2.75) is 23.8 Å².